The fourth-order valence-corrected chi connectivity index (χ4v) is 2.00. The van der Waals surface area contributed by atoms with Gasteiger partial charge >= 0.3 is 5.97 Å². The highest BCUT2D eigenvalue weighted by Gasteiger charge is 2.06. The zero-order valence-corrected chi connectivity index (χ0v) is 13.8. The molecule has 20 heavy (non-hydrogen) atoms. The number of rotatable bonds is 13. The van der Waals surface area contributed by atoms with Crippen LogP contribution in [0.25, 0.3) is 0 Å². The Bertz CT molecular complexity index is 246. The Labute approximate surface area is 126 Å². The van der Waals surface area contributed by atoms with Gasteiger partial charge in [0.05, 0.1) is 6.10 Å². The summed E-state index contributed by atoms with van der Waals surface area (Å²) < 4.78 is 5.24. The average molecular weight is 282 g/mol. The predicted molar refractivity (Wildman–Crippen MR) is 86.8 cm³/mol. The van der Waals surface area contributed by atoms with Gasteiger partial charge in [0.2, 0.25) is 0 Å². The van der Waals surface area contributed by atoms with Crippen LogP contribution in [0, 0.1) is 0 Å². The van der Waals surface area contributed by atoms with Crippen LogP contribution < -0.4 is 0 Å². The Morgan fingerprint density at radius 2 is 1.55 bits per heavy atom. The van der Waals surface area contributed by atoms with E-state index in [-0.39, 0.29) is 12.1 Å². The summed E-state index contributed by atoms with van der Waals surface area (Å²) in [6.45, 7) is 6.23. The molecule has 0 radical (unpaired) electrons. The Morgan fingerprint density at radius 1 is 0.950 bits per heavy atom. The molecule has 0 saturated carbocycles. The van der Waals surface area contributed by atoms with Gasteiger partial charge in [0.25, 0.3) is 0 Å². The quantitative estimate of drug-likeness (QED) is 0.242. The molecular formula is C18H34O2. The van der Waals surface area contributed by atoms with Gasteiger partial charge in [-0.25, -0.2) is 0 Å². The summed E-state index contributed by atoms with van der Waals surface area (Å²) >= 11 is 0. The zero-order valence-electron chi connectivity index (χ0n) is 13.8. The molecular weight excluding hydrogens is 248 g/mol. The molecule has 2 nitrogen and oxygen atoms in total. The number of ether oxygens (including phenoxy) is 1. The molecule has 0 spiro atoms. The number of hydrogen-bond donors (Lipinski definition) is 0. The van der Waals surface area contributed by atoms with Crippen LogP contribution in [0.5, 0.6) is 0 Å². The minimum absolute atomic E-state index is 0.0363. The van der Waals surface area contributed by atoms with Gasteiger partial charge < -0.3 is 4.74 Å². The summed E-state index contributed by atoms with van der Waals surface area (Å²) in [5.74, 6) is -0.0363. The van der Waals surface area contributed by atoms with E-state index in [2.05, 4.69) is 19.1 Å². The standard InChI is InChI=1S/C18H34O2/c1-4-6-7-8-9-10-11-12-13-14-15-16-18(19)20-17(3)5-2/h10-11,17H,4-9,12-16H2,1-3H3/b11-10-/t17-/m0/s1. The summed E-state index contributed by atoms with van der Waals surface area (Å²) in [5.41, 5.74) is 0. The molecule has 1 atom stereocenters. The van der Waals surface area contributed by atoms with Crippen LogP contribution >= 0.6 is 0 Å². The van der Waals surface area contributed by atoms with E-state index in [9.17, 15) is 4.79 Å². The van der Waals surface area contributed by atoms with Crippen molar-refractivity contribution in [2.45, 2.75) is 97.5 Å². The lowest BCUT2D eigenvalue weighted by Crippen LogP contribution is -2.13. The van der Waals surface area contributed by atoms with Crippen LogP contribution in [0.4, 0.5) is 0 Å². The predicted octanol–water partition coefficient (Wildman–Crippen LogP) is 5.81. The lowest BCUT2D eigenvalue weighted by atomic mass is 10.1. The van der Waals surface area contributed by atoms with Crippen molar-refractivity contribution in [3.63, 3.8) is 0 Å². The highest BCUT2D eigenvalue weighted by atomic mass is 16.5. The molecule has 0 aliphatic heterocycles. The number of allylic oxidation sites excluding steroid dienone is 2. The van der Waals surface area contributed by atoms with Gasteiger partial charge in [-0.15, -0.1) is 0 Å². The fraction of sp³-hybridized carbons (Fsp3) is 0.833. The first kappa shape index (κ1) is 19.2. The second kappa shape index (κ2) is 14.6. The van der Waals surface area contributed by atoms with E-state index in [1.807, 2.05) is 13.8 Å². The molecule has 0 unspecified atom stereocenters. The number of hydrogen-bond acceptors (Lipinski definition) is 2. The average Bonchev–Trinajstić information content (AvgIpc) is 2.44. The highest BCUT2D eigenvalue weighted by Crippen LogP contribution is 2.08. The first-order valence-corrected chi connectivity index (χ1v) is 8.55. The molecule has 0 saturated heterocycles. The number of esters is 1. The molecule has 0 bridgehead atoms. The Kier molecular flexibility index (Phi) is 14.0. The van der Waals surface area contributed by atoms with Crippen molar-refractivity contribution in [1.82, 2.24) is 0 Å². The van der Waals surface area contributed by atoms with Gasteiger partial charge in [-0.2, -0.15) is 0 Å². The van der Waals surface area contributed by atoms with Gasteiger partial charge in [-0.1, -0.05) is 51.7 Å². The van der Waals surface area contributed by atoms with E-state index in [1.165, 1.54) is 38.5 Å². The first-order chi connectivity index (χ1) is 9.70. The third kappa shape index (κ3) is 13.6. The van der Waals surface area contributed by atoms with E-state index < -0.39 is 0 Å². The number of unbranched alkanes of at least 4 members (excludes halogenated alkanes) is 7. The van der Waals surface area contributed by atoms with Crippen molar-refractivity contribution in [3.8, 4) is 0 Å². The Morgan fingerprint density at radius 3 is 2.10 bits per heavy atom. The second-order valence-corrected chi connectivity index (χ2v) is 5.63. The van der Waals surface area contributed by atoms with Crippen LogP contribution in [0.3, 0.4) is 0 Å². The molecule has 118 valence electrons. The number of carbonyl (C=O) groups is 1. The summed E-state index contributed by atoms with van der Waals surface area (Å²) in [4.78, 5) is 11.4. The Hall–Kier alpha value is -0.790. The summed E-state index contributed by atoms with van der Waals surface area (Å²) in [7, 11) is 0. The summed E-state index contributed by atoms with van der Waals surface area (Å²) in [6, 6.07) is 0. The molecule has 0 aromatic carbocycles. The van der Waals surface area contributed by atoms with Crippen molar-refractivity contribution in [2.75, 3.05) is 0 Å². The molecule has 0 aliphatic rings. The fourth-order valence-electron chi connectivity index (χ4n) is 2.00. The minimum Gasteiger partial charge on any atom is -0.463 e. The summed E-state index contributed by atoms with van der Waals surface area (Å²) in [5, 5.41) is 0. The SMILES string of the molecule is CCCCCC/C=C\CCCCCC(=O)O[C@@H](C)CC. The van der Waals surface area contributed by atoms with Crippen molar-refractivity contribution in [2.24, 2.45) is 0 Å². The van der Waals surface area contributed by atoms with Crippen LogP contribution in [-0.4, -0.2) is 12.1 Å². The minimum atomic E-state index is -0.0363. The van der Waals surface area contributed by atoms with Crippen molar-refractivity contribution in [1.29, 1.82) is 0 Å². The number of carbonyl (C=O) groups excluding carboxylic acids is 1. The first-order valence-electron chi connectivity index (χ1n) is 8.55. The molecule has 0 amide bonds. The normalized spacial score (nSPS) is 12.8. The third-order valence-corrected chi connectivity index (χ3v) is 3.55. The zero-order chi connectivity index (χ0) is 15.1. The van der Waals surface area contributed by atoms with E-state index in [0.717, 1.165) is 25.7 Å². The largest absolute Gasteiger partial charge is 0.463 e. The maximum Gasteiger partial charge on any atom is 0.306 e. The molecule has 0 aromatic rings. The van der Waals surface area contributed by atoms with Gasteiger partial charge in [0, 0.05) is 6.42 Å². The highest BCUT2D eigenvalue weighted by molar-refractivity contribution is 5.69. The van der Waals surface area contributed by atoms with Gasteiger partial charge in [0.1, 0.15) is 0 Å². The maximum absolute atomic E-state index is 11.4. The van der Waals surface area contributed by atoms with E-state index in [4.69, 9.17) is 4.74 Å². The van der Waals surface area contributed by atoms with E-state index in [1.54, 1.807) is 0 Å². The van der Waals surface area contributed by atoms with Gasteiger partial charge in [-0.3, -0.25) is 4.79 Å². The monoisotopic (exact) mass is 282 g/mol. The topological polar surface area (TPSA) is 26.3 Å². The third-order valence-electron chi connectivity index (χ3n) is 3.55. The van der Waals surface area contributed by atoms with Crippen LogP contribution in [-0.2, 0) is 9.53 Å². The molecule has 0 aromatic heterocycles. The van der Waals surface area contributed by atoms with Crippen LogP contribution in [0.1, 0.15) is 91.4 Å². The molecule has 0 heterocycles. The smallest absolute Gasteiger partial charge is 0.306 e. The van der Waals surface area contributed by atoms with Crippen LogP contribution in [0.15, 0.2) is 12.2 Å². The van der Waals surface area contributed by atoms with Crippen molar-refractivity contribution in [3.05, 3.63) is 12.2 Å². The van der Waals surface area contributed by atoms with Gasteiger partial charge in [0.15, 0.2) is 0 Å². The molecule has 0 N–H and O–H groups in total. The summed E-state index contributed by atoms with van der Waals surface area (Å²) in [6.07, 6.45) is 17.1. The van der Waals surface area contributed by atoms with E-state index >= 15 is 0 Å². The molecule has 0 fully saturated rings. The van der Waals surface area contributed by atoms with Crippen LogP contribution in [0.2, 0.25) is 0 Å². The molecule has 0 aliphatic carbocycles. The van der Waals surface area contributed by atoms with Crippen molar-refractivity contribution >= 4 is 5.97 Å². The van der Waals surface area contributed by atoms with Crippen molar-refractivity contribution < 1.29 is 9.53 Å². The van der Waals surface area contributed by atoms with Gasteiger partial charge in [-0.05, 0) is 45.4 Å². The lowest BCUT2D eigenvalue weighted by Gasteiger charge is -2.10. The Balaban J connectivity index is 3.27. The second-order valence-electron chi connectivity index (χ2n) is 5.63. The lowest BCUT2D eigenvalue weighted by molar-refractivity contribution is -0.148. The molecule has 0 rings (SSSR count). The maximum atomic E-state index is 11.4. The van der Waals surface area contributed by atoms with E-state index in [0.29, 0.717) is 6.42 Å². The molecule has 2 heteroatoms.